The molecule has 0 saturated carbocycles. The van der Waals surface area contributed by atoms with Crippen LogP contribution >= 0.6 is 11.8 Å². The molecule has 0 fully saturated rings. The number of hydrogen-bond acceptors (Lipinski definition) is 2. The Morgan fingerprint density at radius 1 is 1.06 bits per heavy atom. The lowest BCUT2D eigenvalue weighted by Crippen LogP contribution is -2.25. The van der Waals surface area contributed by atoms with Crippen LogP contribution in [-0.4, -0.2) is 5.44 Å². The third-order valence-electron chi connectivity index (χ3n) is 3.01. The molecule has 0 N–H and O–H groups in total. The second-order valence-electron chi connectivity index (χ2n) is 5.55. The average molecular weight is 244 g/mol. The zero-order valence-electron chi connectivity index (χ0n) is 10.4. The summed E-state index contributed by atoms with van der Waals surface area (Å²) in [6.07, 6.45) is 0. The zero-order valence-corrected chi connectivity index (χ0v) is 11.2. The van der Waals surface area contributed by atoms with Crippen molar-refractivity contribution in [2.24, 2.45) is 5.41 Å². The minimum atomic E-state index is 0.158. The molecule has 2 aromatic rings. The van der Waals surface area contributed by atoms with E-state index in [9.17, 15) is 0 Å². The van der Waals surface area contributed by atoms with Crippen molar-refractivity contribution < 1.29 is 4.74 Å². The van der Waals surface area contributed by atoms with Crippen molar-refractivity contribution in [2.45, 2.75) is 31.1 Å². The molecular weight excluding hydrogens is 228 g/mol. The molecule has 2 heteroatoms. The van der Waals surface area contributed by atoms with E-state index in [2.05, 4.69) is 57.2 Å². The maximum absolute atomic E-state index is 6.15. The Morgan fingerprint density at radius 3 is 2.59 bits per heavy atom. The van der Waals surface area contributed by atoms with Gasteiger partial charge in [0.25, 0.3) is 0 Å². The molecule has 0 saturated heterocycles. The summed E-state index contributed by atoms with van der Waals surface area (Å²) < 4.78 is 6.15. The third kappa shape index (κ3) is 1.81. The topological polar surface area (TPSA) is 9.23 Å². The third-order valence-corrected chi connectivity index (χ3v) is 4.60. The SMILES string of the molecule is CC(C)(C)C1Oc2c(ccc3ccccc23)S1. The Balaban J connectivity index is 2.11. The van der Waals surface area contributed by atoms with Crippen molar-refractivity contribution in [1.29, 1.82) is 0 Å². The van der Waals surface area contributed by atoms with Gasteiger partial charge in [0.2, 0.25) is 0 Å². The lowest BCUT2D eigenvalue weighted by Gasteiger charge is -2.25. The van der Waals surface area contributed by atoms with Gasteiger partial charge in [-0.2, -0.15) is 0 Å². The van der Waals surface area contributed by atoms with Crippen LogP contribution in [0.25, 0.3) is 10.8 Å². The molecule has 88 valence electrons. The Bertz CT molecular complexity index is 569. The summed E-state index contributed by atoms with van der Waals surface area (Å²) in [5.41, 5.74) is 0.369. The first kappa shape index (κ1) is 11.0. The molecule has 0 amide bonds. The summed E-state index contributed by atoms with van der Waals surface area (Å²) in [4.78, 5) is 1.27. The Kier molecular flexibility index (Phi) is 2.37. The maximum Gasteiger partial charge on any atom is 0.153 e. The average Bonchev–Trinajstić information content (AvgIpc) is 2.72. The van der Waals surface area contributed by atoms with Gasteiger partial charge in [0.05, 0.1) is 4.90 Å². The first-order valence-corrected chi connectivity index (χ1v) is 6.79. The van der Waals surface area contributed by atoms with Gasteiger partial charge >= 0.3 is 0 Å². The molecule has 0 bridgehead atoms. The van der Waals surface area contributed by atoms with Crippen molar-refractivity contribution in [3.63, 3.8) is 0 Å². The number of fused-ring (bicyclic) bond motifs is 3. The molecule has 17 heavy (non-hydrogen) atoms. The van der Waals surface area contributed by atoms with E-state index >= 15 is 0 Å². The van der Waals surface area contributed by atoms with Crippen molar-refractivity contribution in [1.82, 2.24) is 0 Å². The van der Waals surface area contributed by atoms with Crippen LogP contribution < -0.4 is 4.74 Å². The molecule has 3 rings (SSSR count). The van der Waals surface area contributed by atoms with Gasteiger partial charge in [0.1, 0.15) is 5.75 Å². The van der Waals surface area contributed by atoms with Crippen LogP contribution in [0, 0.1) is 5.41 Å². The van der Waals surface area contributed by atoms with Gasteiger partial charge in [-0.15, -0.1) is 0 Å². The normalized spacial score (nSPS) is 19.1. The highest BCUT2D eigenvalue weighted by molar-refractivity contribution is 8.00. The van der Waals surface area contributed by atoms with E-state index in [-0.39, 0.29) is 10.9 Å². The molecular formula is C15H16OS. The largest absolute Gasteiger partial charge is 0.477 e. The fraction of sp³-hybridized carbons (Fsp3) is 0.333. The minimum Gasteiger partial charge on any atom is -0.477 e. The number of ether oxygens (including phenoxy) is 1. The molecule has 1 heterocycles. The van der Waals surface area contributed by atoms with Crippen molar-refractivity contribution in [3.05, 3.63) is 36.4 Å². The lowest BCUT2D eigenvalue weighted by molar-refractivity contribution is 0.173. The number of thioether (sulfide) groups is 1. The quantitative estimate of drug-likeness (QED) is 0.664. The fourth-order valence-electron chi connectivity index (χ4n) is 2.04. The summed E-state index contributed by atoms with van der Waals surface area (Å²) in [6.45, 7) is 6.66. The van der Waals surface area contributed by atoms with E-state index in [0.29, 0.717) is 0 Å². The van der Waals surface area contributed by atoms with Crippen LogP contribution in [0.2, 0.25) is 0 Å². The monoisotopic (exact) mass is 244 g/mol. The molecule has 0 aliphatic carbocycles. The van der Waals surface area contributed by atoms with E-state index in [1.54, 1.807) is 0 Å². The highest BCUT2D eigenvalue weighted by atomic mass is 32.2. The van der Waals surface area contributed by atoms with Crippen LogP contribution in [0.5, 0.6) is 5.75 Å². The summed E-state index contributed by atoms with van der Waals surface area (Å²) in [5.74, 6) is 1.06. The zero-order chi connectivity index (χ0) is 12.0. The number of rotatable bonds is 0. The van der Waals surface area contributed by atoms with E-state index in [4.69, 9.17) is 4.74 Å². The molecule has 1 aliphatic rings. The molecule has 1 unspecified atom stereocenters. The van der Waals surface area contributed by atoms with Crippen LogP contribution in [0.4, 0.5) is 0 Å². The van der Waals surface area contributed by atoms with Crippen LogP contribution in [-0.2, 0) is 0 Å². The Morgan fingerprint density at radius 2 is 1.82 bits per heavy atom. The molecule has 2 aromatic carbocycles. The summed E-state index contributed by atoms with van der Waals surface area (Å²) in [6, 6.07) is 12.8. The van der Waals surface area contributed by atoms with Crippen LogP contribution in [0.1, 0.15) is 20.8 Å². The van der Waals surface area contributed by atoms with E-state index in [1.165, 1.54) is 15.7 Å². The second kappa shape index (κ2) is 3.67. The molecule has 0 spiro atoms. The standard InChI is InChI=1S/C15H16OS/c1-15(2,3)14-16-13-11-7-5-4-6-10(11)8-9-12(13)17-14/h4-9,14H,1-3H3. The Hall–Kier alpha value is -1.15. The number of benzene rings is 2. The van der Waals surface area contributed by atoms with Gasteiger partial charge in [-0.25, -0.2) is 0 Å². The van der Waals surface area contributed by atoms with Gasteiger partial charge in [-0.05, 0) is 11.5 Å². The first-order valence-electron chi connectivity index (χ1n) is 5.91. The van der Waals surface area contributed by atoms with Crippen molar-refractivity contribution in [3.8, 4) is 5.75 Å². The van der Waals surface area contributed by atoms with Crippen molar-refractivity contribution >= 4 is 22.5 Å². The molecule has 1 aliphatic heterocycles. The fourth-order valence-corrected chi connectivity index (χ4v) is 3.18. The van der Waals surface area contributed by atoms with Gasteiger partial charge in [-0.1, -0.05) is 62.9 Å². The van der Waals surface area contributed by atoms with Gasteiger partial charge in [0, 0.05) is 10.8 Å². The smallest absolute Gasteiger partial charge is 0.153 e. The molecule has 1 nitrogen and oxygen atoms in total. The van der Waals surface area contributed by atoms with E-state index in [0.717, 1.165) is 5.75 Å². The predicted octanol–water partition coefficient (Wildman–Crippen LogP) is 4.70. The van der Waals surface area contributed by atoms with E-state index < -0.39 is 0 Å². The summed E-state index contributed by atoms with van der Waals surface area (Å²) in [5, 5.41) is 2.48. The van der Waals surface area contributed by atoms with Crippen LogP contribution in [0.3, 0.4) is 0 Å². The number of hydrogen-bond donors (Lipinski definition) is 0. The van der Waals surface area contributed by atoms with Crippen LogP contribution in [0.15, 0.2) is 41.3 Å². The summed E-state index contributed by atoms with van der Waals surface area (Å²) >= 11 is 1.84. The second-order valence-corrected chi connectivity index (χ2v) is 6.65. The minimum absolute atomic E-state index is 0.158. The lowest BCUT2D eigenvalue weighted by atomic mass is 9.98. The maximum atomic E-state index is 6.15. The highest BCUT2D eigenvalue weighted by Gasteiger charge is 2.34. The highest BCUT2D eigenvalue weighted by Crippen LogP contribution is 2.49. The van der Waals surface area contributed by atoms with Gasteiger partial charge in [-0.3, -0.25) is 0 Å². The first-order chi connectivity index (χ1) is 8.05. The molecule has 0 radical (unpaired) electrons. The predicted molar refractivity (Wildman–Crippen MR) is 73.7 cm³/mol. The molecule has 0 aromatic heterocycles. The van der Waals surface area contributed by atoms with Gasteiger partial charge in [0.15, 0.2) is 5.44 Å². The van der Waals surface area contributed by atoms with Crippen molar-refractivity contribution in [2.75, 3.05) is 0 Å². The van der Waals surface area contributed by atoms with Gasteiger partial charge < -0.3 is 4.74 Å². The van der Waals surface area contributed by atoms with E-state index in [1.807, 2.05) is 11.8 Å². The summed E-state index contributed by atoms with van der Waals surface area (Å²) in [7, 11) is 0. The Labute approximate surface area is 106 Å². The molecule has 1 atom stereocenters.